The van der Waals surface area contributed by atoms with E-state index in [4.69, 9.17) is 40.2 Å². The van der Waals surface area contributed by atoms with Crippen LogP contribution in [0.4, 0.5) is 5.69 Å². The van der Waals surface area contributed by atoms with Crippen LogP contribution in [0.15, 0.2) is 72.3 Å². The molecule has 3 N–H and O–H groups in total. The second-order valence-corrected chi connectivity index (χ2v) is 8.56. The Kier molecular flexibility index (Phi) is 7.92. The third kappa shape index (κ3) is 6.23. The molecule has 0 fully saturated rings. The van der Waals surface area contributed by atoms with Gasteiger partial charge in [-0.1, -0.05) is 64.6 Å². The largest absolute Gasteiger partial charge is 0.354 e. The fraction of sp³-hybridized carbons (Fsp3) is 0.0800. The molecule has 3 aromatic rings. The number of anilines is 1. The summed E-state index contributed by atoms with van der Waals surface area (Å²) in [6, 6.07) is 18.6. The van der Waals surface area contributed by atoms with Crippen LogP contribution in [-0.4, -0.2) is 17.5 Å². The molecule has 0 aliphatic rings. The van der Waals surface area contributed by atoms with Gasteiger partial charge in [0, 0.05) is 21.2 Å². The third-order valence-corrected chi connectivity index (χ3v) is 5.64. The number of hydrogen-bond acceptors (Lipinski definition) is 4. The smallest absolute Gasteiger partial charge is 0.276 e. The van der Waals surface area contributed by atoms with Gasteiger partial charge in [0.2, 0.25) is 0 Å². The fourth-order valence-corrected chi connectivity index (χ4v) is 3.54. The number of amides is 2. The summed E-state index contributed by atoms with van der Waals surface area (Å²) in [6.07, 6.45) is 0. The maximum absolute atomic E-state index is 12.7. The molecule has 0 saturated heterocycles. The van der Waals surface area contributed by atoms with Crippen molar-refractivity contribution < 1.29 is 9.59 Å². The molecule has 3 aromatic carbocycles. The predicted octanol–water partition coefficient (Wildman–Crippen LogP) is 6.77. The van der Waals surface area contributed by atoms with E-state index < -0.39 is 11.8 Å². The first-order valence-electron chi connectivity index (χ1n) is 9.86. The van der Waals surface area contributed by atoms with E-state index in [0.717, 1.165) is 5.56 Å². The first-order valence-corrected chi connectivity index (χ1v) is 11.0. The maximum Gasteiger partial charge on any atom is 0.276 e. The Morgan fingerprint density at radius 3 is 2.00 bits per heavy atom. The standard InChI is InChI=1S/C25H20Cl3N3O2/c1-14-3-5-17(6-4-14)24(32)31-25(33)22(29)15(2)23(16-7-9-18(26)10-8-16)30-21-12-11-19(27)13-20(21)28/h3-13,29-30H,1-2H3,(H,31,32,33)/b23-15-,29-22?. The summed E-state index contributed by atoms with van der Waals surface area (Å²) in [5.74, 6) is -1.41. The zero-order chi connectivity index (χ0) is 24.1. The average Bonchev–Trinajstić information content (AvgIpc) is 2.78. The van der Waals surface area contributed by atoms with Crippen LogP contribution in [0, 0.1) is 12.3 Å². The Hall–Kier alpha value is -3.12. The Morgan fingerprint density at radius 1 is 0.818 bits per heavy atom. The van der Waals surface area contributed by atoms with E-state index in [9.17, 15) is 9.59 Å². The number of rotatable bonds is 6. The molecule has 0 saturated carbocycles. The lowest BCUT2D eigenvalue weighted by Gasteiger charge is -2.17. The highest BCUT2D eigenvalue weighted by Crippen LogP contribution is 2.30. The number of carbonyl (C=O) groups excluding carboxylic acids is 2. The van der Waals surface area contributed by atoms with Crippen LogP contribution < -0.4 is 10.6 Å². The fourth-order valence-electron chi connectivity index (χ4n) is 2.96. The van der Waals surface area contributed by atoms with E-state index in [1.807, 2.05) is 6.92 Å². The number of aryl methyl sites for hydroxylation is 1. The van der Waals surface area contributed by atoms with E-state index in [-0.39, 0.29) is 5.71 Å². The third-order valence-electron chi connectivity index (χ3n) is 4.84. The van der Waals surface area contributed by atoms with Crippen molar-refractivity contribution in [2.24, 2.45) is 0 Å². The molecular formula is C25H20Cl3N3O2. The van der Waals surface area contributed by atoms with Gasteiger partial charge in [-0.2, -0.15) is 0 Å². The summed E-state index contributed by atoms with van der Waals surface area (Å²) < 4.78 is 0. The number of hydrogen-bond donors (Lipinski definition) is 3. The van der Waals surface area contributed by atoms with Gasteiger partial charge in [-0.25, -0.2) is 0 Å². The number of carbonyl (C=O) groups is 2. The van der Waals surface area contributed by atoms with Crippen LogP contribution in [-0.2, 0) is 4.79 Å². The summed E-state index contributed by atoms with van der Waals surface area (Å²) in [6.45, 7) is 3.51. The molecule has 0 spiro atoms. The SMILES string of the molecule is C/C(C(=N)C(=O)NC(=O)c1ccc(C)cc1)=C(/Nc1ccc(Cl)cc1Cl)c1ccc(Cl)cc1. The minimum absolute atomic E-state index is 0.303. The van der Waals surface area contributed by atoms with E-state index in [2.05, 4.69) is 10.6 Å². The highest BCUT2D eigenvalue weighted by atomic mass is 35.5. The quantitative estimate of drug-likeness (QED) is 0.326. The molecule has 0 aliphatic carbocycles. The van der Waals surface area contributed by atoms with E-state index >= 15 is 0 Å². The summed E-state index contributed by atoms with van der Waals surface area (Å²) in [4.78, 5) is 25.1. The van der Waals surface area contributed by atoms with E-state index in [1.165, 1.54) is 0 Å². The maximum atomic E-state index is 12.7. The van der Waals surface area contributed by atoms with Gasteiger partial charge in [0.1, 0.15) is 5.71 Å². The van der Waals surface area contributed by atoms with Crippen LogP contribution in [0.2, 0.25) is 15.1 Å². The van der Waals surface area contributed by atoms with Crippen LogP contribution in [0.25, 0.3) is 5.70 Å². The first-order chi connectivity index (χ1) is 15.7. The number of nitrogens with one attached hydrogen (secondary N) is 3. The molecule has 8 heteroatoms. The second kappa shape index (κ2) is 10.7. The van der Waals surface area contributed by atoms with Crippen LogP contribution in [0.5, 0.6) is 0 Å². The van der Waals surface area contributed by atoms with Gasteiger partial charge < -0.3 is 5.32 Å². The van der Waals surface area contributed by atoms with E-state index in [1.54, 1.807) is 73.7 Å². The highest BCUT2D eigenvalue weighted by molar-refractivity contribution is 6.47. The molecule has 2 amide bonds. The Morgan fingerprint density at radius 2 is 1.39 bits per heavy atom. The van der Waals surface area contributed by atoms with Gasteiger partial charge in [0.05, 0.1) is 16.4 Å². The number of imide groups is 1. The van der Waals surface area contributed by atoms with Gasteiger partial charge in [-0.3, -0.25) is 20.3 Å². The van der Waals surface area contributed by atoms with Crippen molar-refractivity contribution in [1.29, 1.82) is 5.41 Å². The Bertz CT molecular complexity index is 1250. The lowest BCUT2D eigenvalue weighted by Crippen LogP contribution is -2.36. The molecular weight excluding hydrogens is 481 g/mol. The van der Waals surface area contributed by atoms with Crippen molar-refractivity contribution in [3.05, 3.63) is 104 Å². The molecule has 0 bridgehead atoms. The highest BCUT2D eigenvalue weighted by Gasteiger charge is 2.20. The summed E-state index contributed by atoms with van der Waals surface area (Å²) in [7, 11) is 0. The molecule has 168 valence electrons. The zero-order valence-electron chi connectivity index (χ0n) is 17.8. The Balaban J connectivity index is 1.93. The van der Waals surface area contributed by atoms with Gasteiger partial charge in [-0.15, -0.1) is 0 Å². The van der Waals surface area contributed by atoms with Crippen LogP contribution in [0.1, 0.15) is 28.4 Å². The minimum Gasteiger partial charge on any atom is -0.354 e. The van der Waals surface area contributed by atoms with Crippen molar-refractivity contribution in [2.45, 2.75) is 13.8 Å². The number of halogens is 3. The molecule has 5 nitrogen and oxygen atoms in total. The molecule has 3 rings (SSSR count). The van der Waals surface area contributed by atoms with Crippen LogP contribution >= 0.6 is 34.8 Å². The zero-order valence-corrected chi connectivity index (χ0v) is 20.1. The molecule has 0 aliphatic heterocycles. The normalized spacial score (nSPS) is 11.4. The molecule has 0 radical (unpaired) electrons. The molecule has 0 aromatic heterocycles. The van der Waals surface area contributed by atoms with Gasteiger partial charge in [-0.05, 0) is 61.9 Å². The molecule has 0 unspecified atom stereocenters. The van der Waals surface area contributed by atoms with Gasteiger partial charge >= 0.3 is 0 Å². The second-order valence-electron chi connectivity index (χ2n) is 7.28. The topological polar surface area (TPSA) is 82.1 Å². The average molecular weight is 501 g/mol. The Labute approximate surface area is 206 Å². The summed E-state index contributed by atoms with van der Waals surface area (Å²) >= 11 is 18.3. The van der Waals surface area contributed by atoms with E-state index in [0.29, 0.717) is 43.2 Å². The van der Waals surface area contributed by atoms with Crippen LogP contribution in [0.3, 0.4) is 0 Å². The van der Waals surface area contributed by atoms with Crippen molar-refractivity contribution in [3.63, 3.8) is 0 Å². The van der Waals surface area contributed by atoms with Gasteiger partial charge in [0.25, 0.3) is 11.8 Å². The van der Waals surface area contributed by atoms with Crippen molar-refractivity contribution >= 4 is 63.7 Å². The lowest BCUT2D eigenvalue weighted by atomic mass is 10.0. The lowest BCUT2D eigenvalue weighted by molar-refractivity contribution is -0.113. The molecule has 0 atom stereocenters. The monoisotopic (exact) mass is 499 g/mol. The van der Waals surface area contributed by atoms with Gasteiger partial charge in [0.15, 0.2) is 0 Å². The minimum atomic E-state index is -0.825. The summed E-state index contributed by atoms with van der Waals surface area (Å²) in [5, 5.41) is 15.2. The summed E-state index contributed by atoms with van der Waals surface area (Å²) in [5.41, 5.74) is 2.91. The number of benzene rings is 3. The van der Waals surface area contributed by atoms with Crippen molar-refractivity contribution in [2.75, 3.05) is 5.32 Å². The molecule has 33 heavy (non-hydrogen) atoms. The van der Waals surface area contributed by atoms with Crippen molar-refractivity contribution in [3.8, 4) is 0 Å². The molecule has 0 heterocycles. The van der Waals surface area contributed by atoms with Crippen molar-refractivity contribution in [1.82, 2.24) is 5.32 Å². The predicted molar refractivity (Wildman–Crippen MR) is 136 cm³/mol. The first kappa shape index (κ1) is 24.5.